The van der Waals surface area contributed by atoms with Crippen molar-refractivity contribution in [2.45, 2.75) is 22.9 Å². The number of alkyl halides is 3. The Kier molecular flexibility index (Phi) is 6.33. The molecule has 1 unspecified atom stereocenters. The highest BCUT2D eigenvalue weighted by Crippen LogP contribution is 2.36. The number of thioether (sulfide) groups is 1. The number of ether oxygens (including phenoxy) is 1. The van der Waals surface area contributed by atoms with Gasteiger partial charge in [-0.25, -0.2) is 0 Å². The lowest BCUT2D eigenvalue weighted by atomic mass is 10.0. The fourth-order valence-electron chi connectivity index (χ4n) is 2.13. The zero-order valence-electron chi connectivity index (χ0n) is 14.1. The first-order chi connectivity index (χ1) is 12.6. The highest BCUT2D eigenvalue weighted by atomic mass is 32.2. The minimum atomic E-state index is -4.42. The van der Waals surface area contributed by atoms with Gasteiger partial charge in [0.2, 0.25) is 0 Å². The summed E-state index contributed by atoms with van der Waals surface area (Å²) >= 11 is -0.290. The molecule has 5 nitrogen and oxygen atoms in total. The predicted octanol–water partition coefficient (Wildman–Crippen LogP) is 3.60. The molecule has 0 fully saturated rings. The zero-order chi connectivity index (χ0) is 20.1. The van der Waals surface area contributed by atoms with E-state index in [0.717, 1.165) is 12.1 Å². The third-order valence-corrected chi connectivity index (χ3v) is 4.25. The Balaban J connectivity index is 1.96. The van der Waals surface area contributed by atoms with Gasteiger partial charge in [-0.1, -0.05) is 24.3 Å². The van der Waals surface area contributed by atoms with E-state index in [1.165, 1.54) is 19.1 Å². The van der Waals surface area contributed by atoms with Crippen LogP contribution < -0.4 is 5.32 Å². The molecule has 1 N–H and O–H groups in total. The van der Waals surface area contributed by atoms with Gasteiger partial charge < -0.3 is 10.1 Å². The molecule has 0 saturated carbocycles. The van der Waals surface area contributed by atoms with Gasteiger partial charge in [0, 0.05) is 10.5 Å². The van der Waals surface area contributed by atoms with Crippen LogP contribution in [0.4, 0.5) is 13.2 Å². The normalized spacial score (nSPS) is 15.8. The molecule has 1 atom stereocenters. The number of amides is 1. The van der Waals surface area contributed by atoms with Gasteiger partial charge in [0.05, 0.1) is 12.0 Å². The first kappa shape index (κ1) is 20.6. The van der Waals surface area contributed by atoms with Crippen LogP contribution in [0.5, 0.6) is 0 Å². The van der Waals surface area contributed by atoms with E-state index in [-0.39, 0.29) is 28.8 Å². The summed E-state index contributed by atoms with van der Waals surface area (Å²) in [5.74, 6) is -1.74. The van der Waals surface area contributed by atoms with Crippen LogP contribution in [-0.2, 0) is 9.53 Å². The molecule has 0 heterocycles. The number of rotatable bonds is 6. The number of carbonyl (C=O) groups excluding carboxylic acids is 2. The second-order valence-corrected chi connectivity index (χ2v) is 7.01. The van der Waals surface area contributed by atoms with Crippen molar-refractivity contribution in [2.24, 2.45) is 5.92 Å². The van der Waals surface area contributed by atoms with E-state index in [1.807, 2.05) is 6.07 Å². The number of hydrogen-bond acceptors (Lipinski definition) is 5. The van der Waals surface area contributed by atoms with Gasteiger partial charge >= 0.3 is 11.5 Å². The smallest absolute Gasteiger partial charge is 0.446 e. The van der Waals surface area contributed by atoms with Gasteiger partial charge in [-0.2, -0.15) is 18.4 Å². The van der Waals surface area contributed by atoms with Gasteiger partial charge in [-0.05, 0) is 43.0 Å². The molecule has 0 aliphatic heterocycles. The van der Waals surface area contributed by atoms with Crippen molar-refractivity contribution in [2.75, 3.05) is 6.61 Å². The molecular weight excluding hydrogens is 381 g/mol. The molecule has 27 heavy (non-hydrogen) atoms. The van der Waals surface area contributed by atoms with Crippen molar-refractivity contribution >= 4 is 23.6 Å². The first-order valence-corrected chi connectivity index (χ1v) is 8.55. The lowest BCUT2D eigenvalue weighted by molar-refractivity contribution is -0.146. The Morgan fingerprint density at radius 1 is 1.22 bits per heavy atom. The summed E-state index contributed by atoms with van der Waals surface area (Å²) in [6.07, 6.45) is 6.64. The highest BCUT2D eigenvalue weighted by molar-refractivity contribution is 8.00. The molecule has 2 rings (SSSR count). The monoisotopic (exact) mass is 396 g/mol. The molecule has 1 aromatic rings. The van der Waals surface area contributed by atoms with Gasteiger partial charge in [0.15, 0.2) is 5.54 Å². The minimum absolute atomic E-state index is 0.0614. The molecule has 9 heteroatoms. The maximum Gasteiger partial charge on any atom is 0.446 e. The van der Waals surface area contributed by atoms with E-state index in [2.05, 4.69) is 5.32 Å². The molecule has 0 bridgehead atoms. The van der Waals surface area contributed by atoms with Crippen LogP contribution in [-0.4, -0.2) is 29.5 Å². The highest BCUT2D eigenvalue weighted by Gasteiger charge is 2.31. The lowest BCUT2D eigenvalue weighted by Crippen LogP contribution is -2.49. The second-order valence-electron chi connectivity index (χ2n) is 5.87. The summed E-state index contributed by atoms with van der Waals surface area (Å²) in [6.45, 7) is 1.01. The summed E-state index contributed by atoms with van der Waals surface area (Å²) in [5.41, 5.74) is -5.83. The van der Waals surface area contributed by atoms with Gasteiger partial charge in [0.25, 0.3) is 5.91 Å². The van der Waals surface area contributed by atoms with Crippen LogP contribution in [0, 0.1) is 17.2 Å². The predicted molar refractivity (Wildman–Crippen MR) is 92.6 cm³/mol. The number of allylic oxidation sites excluding steroid dienone is 2. The maximum absolute atomic E-state index is 12.3. The number of halogens is 3. The Hall–Kier alpha value is -2.73. The zero-order valence-corrected chi connectivity index (χ0v) is 14.9. The molecule has 1 amide bonds. The van der Waals surface area contributed by atoms with Crippen molar-refractivity contribution in [3.8, 4) is 6.07 Å². The topological polar surface area (TPSA) is 79.2 Å². The Labute approximate surface area is 157 Å². The van der Waals surface area contributed by atoms with E-state index in [9.17, 15) is 28.0 Å². The van der Waals surface area contributed by atoms with Crippen molar-refractivity contribution in [3.63, 3.8) is 0 Å². The standard InChI is InChI=1S/C18H15F3N2O3S/c1-17(10-22,11-26-16(25)13-4-2-3-5-13)23-15(24)12-6-8-14(9-7-12)27-18(19,20)21/h2-9,13H,11H2,1H3,(H,23,24). The second kappa shape index (κ2) is 8.31. The van der Waals surface area contributed by atoms with Crippen LogP contribution in [0.25, 0.3) is 0 Å². The van der Waals surface area contributed by atoms with Crippen molar-refractivity contribution in [1.29, 1.82) is 5.26 Å². The molecule has 1 aliphatic carbocycles. The number of nitrogens with zero attached hydrogens (tertiary/aromatic N) is 1. The van der Waals surface area contributed by atoms with E-state index < -0.39 is 28.8 Å². The molecule has 1 aliphatic rings. The Morgan fingerprint density at radius 2 is 1.81 bits per heavy atom. The van der Waals surface area contributed by atoms with Crippen LogP contribution in [0.2, 0.25) is 0 Å². The molecule has 0 saturated heterocycles. The van der Waals surface area contributed by atoms with Crippen molar-refractivity contribution < 1.29 is 27.5 Å². The van der Waals surface area contributed by atoms with Crippen LogP contribution >= 0.6 is 11.8 Å². The third kappa shape index (κ3) is 6.18. The van der Waals surface area contributed by atoms with E-state index in [0.29, 0.717) is 0 Å². The van der Waals surface area contributed by atoms with E-state index >= 15 is 0 Å². The summed E-state index contributed by atoms with van der Waals surface area (Å²) in [5, 5.41) is 11.7. The largest absolute Gasteiger partial charge is 0.461 e. The van der Waals surface area contributed by atoms with Crippen LogP contribution in [0.3, 0.4) is 0 Å². The van der Waals surface area contributed by atoms with Crippen molar-refractivity contribution in [1.82, 2.24) is 5.32 Å². The number of nitrogens with one attached hydrogen (secondary N) is 1. The number of nitriles is 1. The average molecular weight is 396 g/mol. The average Bonchev–Trinajstić information content (AvgIpc) is 3.13. The number of hydrogen-bond donors (Lipinski definition) is 1. The van der Waals surface area contributed by atoms with E-state index in [4.69, 9.17) is 4.74 Å². The van der Waals surface area contributed by atoms with Crippen molar-refractivity contribution in [3.05, 3.63) is 54.1 Å². The van der Waals surface area contributed by atoms with Crippen LogP contribution in [0.15, 0.2) is 53.5 Å². The summed E-state index contributed by atoms with van der Waals surface area (Å²) in [6, 6.07) is 6.64. The Bertz CT molecular complexity index is 801. The minimum Gasteiger partial charge on any atom is -0.461 e. The first-order valence-electron chi connectivity index (χ1n) is 7.73. The maximum atomic E-state index is 12.3. The Morgan fingerprint density at radius 3 is 2.33 bits per heavy atom. The summed E-state index contributed by atoms with van der Waals surface area (Å²) < 4.78 is 42.1. The van der Waals surface area contributed by atoms with Gasteiger partial charge in [-0.3, -0.25) is 9.59 Å². The van der Waals surface area contributed by atoms with Gasteiger partial charge in [0.1, 0.15) is 6.61 Å². The van der Waals surface area contributed by atoms with Gasteiger partial charge in [-0.15, -0.1) is 0 Å². The molecule has 0 aromatic heterocycles. The summed E-state index contributed by atoms with van der Waals surface area (Å²) in [7, 11) is 0. The lowest BCUT2D eigenvalue weighted by Gasteiger charge is -2.23. The molecular formula is C18H15F3N2O3S. The molecule has 0 spiro atoms. The SMILES string of the molecule is CC(C#N)(COC(=O)C1C=CC=C1)NC(=O)c1ccc(SC(F)(F)F)cc1. The fraction of sp³-hybridized carbons (Fsp3) is 0.278. The quantitative estimate of drug-likeness (QED) is 0.587. The summed E-state index contributed by atoms with van der Waals surface area (Å²) in [4.78, 5) is 24.1. The molecule has 142 valence electrons. The molecule has 1 aromatic carbocycles. The number of carbonyl (C=O) groups is 2. The third-order valence-electron chi connectivity index (χ3n) is 3.51. The fourth-order valence-corrected chi connectivity index (χ4v) is 2.67. The van der Waals surface area contributed by atoms with Crippen LogP contribution in [0.1, 0.15) is 17.3 Å². The number of esters is 1. The molecule has 0 radical (unpaired) electrons. The number of benzene rings is 1. The van der Waals surface area contributed by atoms with E-state index in [1.54, 1.807) is 24.3 Å².